The zero-order chi connectivity index (χ0) is 10.0. The van der Waals surface area contributed by atoms with Crippen molar-refractivity contribution in [1.82, 2.24) is 4.90 Å². The molecule has 1 saturated heterocycles. The molecule has 0 radical (unpaired) electrons. The predicted octanol–water partition coefficient (Wildman–Crippen LogP) is 1.14. The molecule has 1 heterocycles. The van der Waals surface area contributed by atoms with Crippen molar-refractivity contribution >= 4 is 5.91 Å². The second-order valence-electron chi connectivity index (χ2n) is 4.13. The molecule has 76 valence electrons. The molecule has 0 aromatic heterocycles. The minimum absolute atomic E-state index is 0.124. The summed E-state index contributed by atoms with van der Waals surface area (Å²) in [6.07, 6.45) is -0.284. The van der Waals surface area contributed by atoms with Crippen LogP contribution in [-0.2, 0) is 9.53 Å². The van der Waals surface area contributed by atoms with Crippen LogP contribution in [0.1, 0.15) is 20.8 Å². The lowest BCUT2D eigenvalue weighted by Crippen LogP contribution is -2.54. The fraction of sp³-hybridized carbons (Fsp3) is 0.900. The first-order valence-corrected chi connectivity index (χ1v) is 4.87. The van der Waals surface area contributed by atoms with E-state index in [1.54, 1.807) is 14.0 Å². The number of likely N-dealkylation sites (tertiary alicyclic amines) is 1. The Morgan fingerprint density at radius 1 is 1.38 bits per heavy atom. The van der Waals surface area contributed by atoms with Crippen LogP contribution < -0.4 is 0 Å². The fourth-order valence-electron chi connectivity index (χ4n) is 1.47. The lowest BCUT2D eigenvalue weighted by Gasteiger charge is -2.42. The predicted molar refractivity (Wildman–Crippen MR) is 51.4 cm³/mol. The number of carbonyl (C=O) groups excluding carboxylic acids is 1. The Morgan fingerprint density at radius 2 is 1.92 bits per heavy atom. The normalized spacial score (nSPS) is 20.2. The number of amides is 1. The fourth-order valence-corrected chi connectivity index (χ4v) is 1.47. The smallest absolute Gasteiger partial charge is 0.251 e. The summed E-state index contributed by atoms with van der Waals surface area (Å²) < 4.78 is 4.97. The van der Waals surface area contributed by atoms with Gasteiger partial charge in [-0.15, -0.1) is 0 Å². The minimum atomic E-state index is -0.284. The summed E-state index contributed by atoms with van der Waals surface area (Å²) in [6, 6.07) is 0. The van der Waals surface area contributed by atoms with Crippen molar-refractivity contribution in [3.8, 4) is 0 Å². The van der Waals surface area contributed by atoms with Gasteiger partial charge < -0.3 is 9.64 Å². The molecule has 1 atom stereocenters. The maximum absolute atomic E-state index is 11.5. The second kappa shape index (κ2) is 4.09. The van der Waals surface area contributed by atoms with Crippen molar-refractivity contribution in [2.45, 2.75) is 26.9 Å². The van der Waals surface area contributed by atoms with Gasteiger partial charge in [0, 0.05) is 20.2 Å². The maximum atomic E-state index is 11.5. The van der Waals surface area contributed by atoms with Crippen LogP contribution in [0.5, 0.6) is 0 Å². The average Bonchev–Trinajstić information content (AvgIpc) is 1.99. The van der Waals surface area contributed by atoms with Gasteiger partial charge in [0.05, 0.1) is 0 Å². The maximum Gasteiger partial charge on any atom is 0.251 e. The summed E-state index contributed by atoms with van der Waals surface area (Å²) in [6.45, 7) is 8.01. The Morgan fingerprint density at radius 3 is 2.31 bits per heavy atom. The first kappa shape index (κ1) is 10.5. The molecule has 1 rings (SSSR count). The zero-order valence-corrected chi connectivity index (χ0v) is 8.91. The van der Waals surface area contributed by atoms with Crippen LogP contribution >= 0.6 is 0 Å². The number of ether oxygens (including phenoxy) is 1. The summed E-state index contributed by atoms with van der Waals surface area (Å²) in [7, 11) is 1.57. The van der Waals surface area contributed by atoms with Gasteiger partial charge in [0.15, 0.2) is 0 Å². The third-order valence-electron chi connectivity index (χ3n) is 2.87. The van der Waals surface area contributed by atoms with Crippen molar-refractivity contribution in [2.24, 2.45) is 11.8 Å². The van der Waals surface area contributed by atoms with Gasteiger partial charge in [-0.2, -0.15) is 0 Å². The highest BCUT2D eigenvalue weighted by Crippen LogP contribution is 2.23. The molecule has 13 heavy (non-hydrogen) atoms. The van der Waals surface area contributed by atoms with Gasteiger partial charge in [0.1, 0.15) is 6.10 Å². The molecule has 0 aromatic carbocycles. The monoisotopic (exact) mass is 185 g/mol. The van der Waals surface area contributed by atoms with Crippen molar-refractivity contribution in [2.75, 3.05) is 20.2 Å². The third kappa shape index (κ3) is 2.21. The topological polar surface area (TPSA) is 29.5 Å². The van der Waals surface area contributed by atoms with Gasteiger partial charge in [-0.25, -0.2) is 0 Å². The van der Waals surface area contributed by atoms with Gasteiger partial charge >= 0.3 is 0 Å². The van der Waals surface area contributed by atoms with Gasteiger partial charge in [0.2, 0.25) is 0 Å². The van der Waals surface area contributed by atoms with E-state index in [1.165, 1.54) is 0 Å². The van der Waals surface area contributed by atoms with Gasteiger partial charge in [0.25, 0.3) is 5.91 Å². The van der Waals surface area contributed by atoms with Crippen LogP contribution in [0, 0.1) is 11.8 Å². The molecule has 0 N–H and O–H groups in total. The largest absolute Gasteiger partial charge is 0.372 e. The molecule has 0 spiro atoms. The molecule has 1 amide bonds. The summed E-state index contributed by atoms with van der Waals surface area (Å²) in [5.74, 6) is 1.49. The van der Waals surface area contributed by atoms with Gasteiger partial charge in [-0.05, 0) is 18.8 Å². The number of carbonyl (C=O) groups is 1. The number of methoxy groups -OCH3 is 1. The molecule has 0 aromatic rings. The molecule has 3 nitrogen and oxygen atoms in total. The molecule has 1 aliphatic heterocycles. The lowest BCUT2D eigenvalue weighted by atomic mass is 9.88. The molecule has 0 saturated carbocycles. The number of nitrogens with zero attached hydrogens (tertiary/aromatic N) is 1. The van der Waals surface area contributed by atoms with Gasteiger partial charge in [-0.3, -0.25) is 4.79 Å². The summed E-state index contributed by atoms with van der Waals surface area (Å²) in [5.41, 5.74) is 0. The molecular weight excluding hydrogens is 166 g/mol. The quantitative estimate of drug-likeness (QED) is 0.659. The van der Waals surface area contributed by atoms with Crippen molar-refractivity contribution in [3.05, 3.63) is 0 Å². The van der Waals surface area contributed by atoms with E-state index in [4.69, 9.17) is 4.74 Å². The summed E-state index contributed by atoms with van der Waals surface area (Å²) in [4.78, 5) is 13.4. The summed E-state index contributed by atoms with van der Waals surface area (Å²) in [5, 5.41) is 0. The molecular formula is C10H19NO2. The first-order chi connectivity index (χ1) is 6.06. The Kier molecular flexibility index (Phi) is 3.31. The molecule has 3 heteroatoms. The third-order valence-corrected chi connectivity index (χ3v) is 2.87. The van der Waals surface area contributed by atoms with Crippen LogP contribution in [0.15, 0.2) is 0 Å². The molecule has 0 unspecified atom stereocenters. The highest BCUT2D eigenvalue weighted by atomic mass is 16.5. The van der Waals surface area contributed by atoms with Crippen molar-refractivity contribution in [1.29, 1.82) is 0 Å². The van der Waals surface area contributed by atoms with E-state index in [9.17, 15) is 4.79 Å². The number of rotatable bonds is 3. The van der Waals surface area contributed by atoms with E-state index in [-0.39, 0.29) is 12.0 Å². The lowest BCUT2D eigenvalue weighted by molar-refractivity contribution is -0.148. The van der Waals surface area contributed by atoms with Crippen LogP contribution in [-0.4, -0.2) is 37.1 Å². The molecule has 0 aliphatic carbocycles. The van der Waals surface area contributed by atoms with E-state index in [0.717, 1.165) is 13.1 Å². The number of hydrogen-bond acceptors (Lipinski definition) is 2. The second-order valence-corrected chi connectivity index (χ2v) is 4.13. The molecule has 1 fully saturated rings. The SMILES string of the molecule is CO[C@@H](C)C(=O)N1CC(C(C)C)C1. The van der Waals surface area contributed by atoms with Gasteiger partial charge in [-0.1, -0.05) is 13.8 Å². The average molecular weight is 185 g/mol. The minimum Gasteiger partial charge on any atom is -0.372 e. The molecule has 1 aliphatic rings. The first-order valence-electron chi connectivity index (χ1n) is 4.87. The van der Waals surface area contributed by atoms with Crippen molar-refractivity contribution in [3.63, 3.8) is 0 Å². The Labute approximate surface area is 80.1 Å². The number of hydrogen-bond donors (Lipinski definition) is 0. The summed E-state index contributed by atoms with van der Waals surface area (Å²) >= 11 is 0. The van der Waals surface area contributed by atoms with E-state index in [0.29, 0.717) is 11.8 Å². The standard InChI is InChI=1S/C10H19NO2/c1-7(2)9-5-11(6-9)10(12)8(3)13-4/h7-9H,5-6H2,1-4H3/t8-/m0/s1. The van der Waals surface area contributed by atoms with E-state index < -0.39 is 0 Å². The molecule has 0 bridgehead atoms. The van der Waals surface area contributed by atoms with Crippen molar-refractivity contribution < 1.29 is 9.53 Å². The van der Waals surface area contributed by atoms with Crippen LogP contribution in [0.25, 0.3) is 0 Å². The highest BCUT2D eigenvalue weighted by Gasteiger charge is 2.34. The van der Waals surface area contributed by atoms with Crippen LogP contribution in [0.3, 0.4) is 0 Å². The Hall–Kier alpha value is -0.570. The Balaban J connectivity index is 2.31. The van der Waals surface area contributed by atoms with Crippen LogP contribution in [0.2, 0.25) is 0 Å². The zero-order valence-electron chi connectivity index (χ0n) is 8.91. The van der Waals surface area contributed by atoms with E-state index in [2.05, 4.69) is 13.8 Å². The van der Waals surface area contributed by atoms with E-state index >= 15 is 0 Å². The Bertz CT molecular complexity index is 185. The van der Waals surface area contributed by atoms with E-state index in [1.807, 2.05) is 4.90 Å². The van der Waals surface area contributed by atoms with Crippen LogP contribution in [0.4, 0.5) is 0 Å². The highest BCUT2D eigenvalue weighted by molar-refractivity contribution is 5.81.